The number of sulfone groups is 1. The van der Waals surface area contributed by atoms with Gasteiger partial charge in [0.05, 0.1) is 31.1 Å². The summed E-state index contributed by atoms with van der Waals surface area (Å²) in [4.78, 5) is 11.6. The number of esters is 1. The van der Waals surface area contributed by atoms with Crippen LogP contribution in [0.25, 0.3) is 0 Å². The summed E-state index contributed by atoms with van der Waals surface area (Å²) in [5, 5.41) is 2.69. The van der Waals surface area contributed by atoms with Crippen molar-refractivity contribution in [1.29, 1.82) is 0 Å². The van der Waals surface area contributed by atoms with Crippen molar-refractivity contribution in [1.82, 2.24) is 5.32 Å². The van der Waals surface area contributed by atoms with E-state index in [1.54, 1.807) is 24.3 Å². The van der Waals surface area contributed by atoms with E-state index in [2.05, 4.69) is 10.1 Å². The number of benzene rings is 3. The SMILES string of the molecule is COC(=O)Cc1cccc(Oc2ccc(C(F)(F)F)cc2CNCS(=O)(=O)c2ccc(OC)cc2)c1. The largest absolute Gasteiger partial charge is 0.497 e. The molecular weight excluding hydrogens is 499 g/mol. The molecule has 0 amide bonds. The van der Waals surface area contributed by atoms with Crippen molar-refractivity contribution in [2.24, 2.45) is 0 Å². The third kappa shape index (κ3) is 7.22. The zero-order valence-corrected chi connectivity index (χ0v) is 20.3. The monoisotopic (exact) mass is 523 g/mol. The maximum absolute atomic E-state index is 13.3. The van der Waals surface area contributed by atoms with E-state index in [0.717, 1.165) is 12.1 Å². The lowest BCUT2D eigenvalue weighted by atomic mass is 10.1. The molecule has 0 fully saturated rings. The third-order valence-corrected chi connectivity index (χ3v) is 6.69. The quantitative estimate of drug-likeness (QED) is 0.384. The van der Waals surface area contributed by atoms with E-state index in [4.69, 9.17) is 9.47 Å². The Bertz CT molecular complexity index is 1310. The Kier molecular flexibility index (Phi) is 8.59. The van der Waals surface area contributed by atoms with Gasteiger partial charge in [0.2, 0.25) is 0 Å². The number of rotatable bonds is 10. The Morgan fingerprint density at radius 3 is 2.31 bits per heavy atom. The molecule has 0 spiro atoms. The molecule has 1 N–H and O–H groups in total. The molecule has 0 bridgehead atoms. The molecule has 0 aliphatic carbocycles. The van der Waals surface area contributed by atoms with Crippen LogP contribution in [0.15, 0.2) is 71.6 Å². The molecule has 192 valence electrons. The number of hydrogen-bond acceptors (Lipinski definition) is 7. The van der Waals surface area contributed by atoms with Crippen LogP contribution in [0.2, 0.25) is 0 Å². The first kappa shape index (κ1) is 27.0. The maximum atomic E-state index is 13.3. The first-order valence-corrected chi connectivity index (χ1v) is 12.3. The second-order valence-electron chi connectivity index (χ2n) is 7.68. The van der Waals surface area contributed by atoms with Gasteiger partial charge in [0.1, 0.15) is 23.1 Å². The Morgan fingerprint density at radius 1 is 0.944 bits per heavy atom. The molecular formula is C25H24F3NO6S. The second kappa shape index (κ2) is 11.4. The molecule has 0 radical (unpaired) electrons. The number of alkyl halides is 3. The van der Waals surface area contributed by atoms with Gasteiger partial charge in [0.15, 0.2) is 9.84 Å². The van der Waals surface area contributed by atoms with Crippen LogP contribution in [0.3, 0.4) is 0 Å². The highest BCUT2D eigenvalue weighted by atomic mass is 32.2. The van der Waals surface area contributed by atoms with Crippen LogP contribution in [-0.2, 0) is 38.5 Å². The molecule has 36 heavy (non-hydrogen) atoms. The zero-order valence-electron chi connectivity index (χ0n) is 19.5. The van der Waals surface area contributed by atoms with E-state index in [1.807, 2.05) is 0 Å². The third-order valence-electron chi connectivity index (χ3n) is 5.12. The fourth-order valence-corrected chi connectivity index (χ4v) is 4.35. The van der Waals surface area contributed by atoms with Crippen molar-refractivity contribution < 1.29 is 40.6 Å². The van der Waals surface area contributed by atoms with Crippen LogP contribution < -0.4 is 14.8 Å². The number of carbonyl (C=O) groups is 1. The number of methoxy groups -OCH3 is 2. The number of hydrogen-bond donors (Lipinski definition) is 1. The van der Waals surface area contributed by atoms with Gasteiger partial charge in [0.25, 0.3) is 0 Å². The molecule has 3 rings (SSSR count). The van der Waals surface area contributed by atoms with Crippen molar-refractivity contribution in [2.75, 3.05) is 20.1 Å². The molecule has 0 saturated heterocycles. The number of halogens is 3. The summed E-state index contributed by atoms with van der Waals surface area (Å²) in [5.41, 5.74) is -0.200. The van der Waals surface area contributed by atoms with Crippen molar-refractivity contribution >= 4 is 15.8 Å². The van der Waals surface area contributed by atoms with Gasteiger partial charge in [-0.25, -0.2) is 8.42 Å². The smallest absolute Gasteiger partial charge is 0.416 e. The Hall–Kier alpha value is -3.57. The highest BCUT2D eigenvalue weighted by Gasteiger charge is 2.31. The van der Waals surface area contributed by atoms with E-state index >= 15 is 0 Å². The van der Waals surface area contributed by atoms with E-state index in [0.29, 0.717) is 17.1 Å². The van der Waals surface area contributed by atoms with Crippen molar-refractivity contribution in [3.05, 3.63) is 83.4 Å². The number of carbonyl (C=O) groups excluding carboxylic acids is 1. The lowest BCUT2D eigenvalue weighted by molar-refractivity contribution is -0.140. The lowest BCUT2D eigenvalue weighted by Crippen LogP contribution is -2.23. The van der Waals surface area contributed by atoms with Crippen LogP contribution in [0.4, 0.5) is 13.2 Å². The van der Waals surface area contributed by atoms with Crippen LogP contribution in [0, 0.1) is 0 Å². The average Bonchev–Trinajstić information content (AvgIpc) is 2.84. The summed E-state index contributed by atoms with van der Waals surface area (Å²) in [6.45, 7) is -0.212. The van der Waals surface area contributed by atoms with Crippen LogP contribution in [-0.4, -0.2) is 34.5 Å². The predicted octanol–water partition coefficient (Wildman–Crippen LogP) is 4.74. The minimum atomic E-state index is -4.59. The van der Waals surface area contributed by atoms with Crippen molar-refractivity contribution in [3.8, 4) is 17.2 Å². The zero-order chi connectivity index (χ0) is 26.3. The van der Waals surface area contributed by atoms with Gasteiger partial charge in [-0.2, -0.15) is 13.2 Å². The molecule has 0 atom stereocenters. The van der Waals surface area contributed by atoms with E-state index in [-0.39, 0.29) is 29.2 Å². The van der Waals surface area contributed by atoms with Gasteiger partial charge < -0.3 is 14.2 Å². The average molecular weight is 524 g/mol. The molecule has 0 aliphatic rings. The van der Waals surface area contributed by atoms with E-state index in [9.17, 15) is 26.4 Å². The molecule has 3 aromatic carbocycles. The fourth-order valence-electron chi connectivity index (χ4n) is 3.26. The summed E-state index contributed by atoms with van der Waals surface area (Å²) in [5.74, 6) is -0.0762. The minimum Gasteiger partial charge on any atom is -0.497 e. The predicted molar refractivity (Wildman–Crippen MR) is 126 cm³/mol. The van der Waals surface area contributed by atoms with Crippen molar-refractivity contribution in [2.45, 2.75) is 24.0 Å². The number of nitrogens with one attached hydrogen (secondary N) is 1. The summed E-state index contributed by atoms with van der Waals surface area (Å²) in [7, 11) is -1.04. The molecule has 11 heteroatoms. The lowest BCUT2D eigenvalue weighted by Gasteiger charge is -2.16. The van der Waals surface area contributed by atoms with Gasteiger partial charge >= 0.3 is 12.1 Å². The number of ether oxygens (including phenoxy) is 3. The molecule has 0 unspecified atom stereocenters. The highest BCUT2D eigenvalue weighted by molar-refractivity contribution is 7.91. The van der Waals surface area contributed by atoms with Crippen LogP contribution in [0.1, 0.15) is 16.7 Å². The molecule has 0 aliphatic heterocycles. The Morgan fingerprint density at radius 2 is 1.67 bits per heavy atom. The van der Waals surface area contributed by atoms with E-state index in [1.165, 1.54) is 44.6 Å². The van der Waals surface area contributed by atoms with E-state index < -0.39 is 33.4 Å². The molecule has 0 aromatic heterocycles. The highest BCUT2D eigenvalue weighted by Crippen LogP contribution is 2.34. The molecule has 0 heterocycles. The fraction of sp³-hybridized carbons (Fsp3) is 0.240. The van der Waals surface area contributed by atoms with Gasteiger partial charge in [-0.1, -0.05) is 12.1 Å². The summed E-state index contributed by atoms with van der Waals surface area (Å²) < 4.78 is 80.7. The standard InChI is InChI=1S/C25H24F3NO6S/c1-33-20-7-9-22(10-8-20)36(31,32)16-29-15-18-14-19(25(26,27)28)6-11-23(18)35-21-5-3-4-17(12-21)13-24(30)34-2/h3-12,14,29H,13,15-16H2,1-2H3. The van der Waals surface area contributed by atoms with Gasteiger partial charge in [-0.15, -0.1) is 0 Å². The minimum absolute atomic E-state index is 0.00164. The first-order valence-electron chi connectivity index (χ1n) is 10.6. The molecule has 3 aromatic rings. The summed E-state index contributed by atoms with van der Waals surface area (Å²) >= 11 is 0. The summed E-state index contributed by atoms with van der Waals surface area (Å²) in [6.07, 6.45) is -4.60. The van der Waals surface area contributed by atoms with Gasteiger partial charge in [0, 0.05) is 12.1 Å². The summed E-state index contributed by atoms with van der Waals surface area (Å²) in [6, 6.07) is 15.2. The molecule has 7 nitrogen and oxygen atoms in total. The maximum Gasteiger partial charge on any atom is 0.416 e. The van der Waals surface area contributed by atoms with Gasteiger partial charge in [-0.05, 0) is 60.2 Å². The Balaban J connectivity index is 1.80. The van der Waals surface area contributed by atoms with Crippen LogP contribution in [0.5, 0.6) is 17.2 Å². The van der Waals surface area contributed by atoms with Crippen LogP contribution >= 0.6 is 0 Å². The second-order valence-corrected chi connectivity index (χ2v) is 9.67. The van der Waals surface area contributed by atoms with Gasteiger partial charge in [-0.3, -0.25) is 10.1 Å². The first-order chi connectivity index (χ1) is 17.0. The Labute approximate surface area is 206 Å². The normalized spacial score (nSPS) is 11.7. The molecule has 0 saturated carbocycles. The van der Waals surface area contributed by atoms with Crippen molar-refractivity contribution in [3.63, 3.8) is 0 Å². The topological polar surface area (TPSA) is 90.9 Å².